The van der Waals surface area contributed by atoms with Crippen molar-refractivity contribution in [1.29, 1.82) is 0 Å². The summed E-state index contributed by atoms with van der Waals surface area (Å²) in [6.07, 6.45) is 55.0. The molecular weight excluding hydrogens is 745 g/mol. The Labute approximate surface area is 374 Å². The van der Waals surface area contributed by atoms with Crippen molar-refractivity contribution in [2.75, 3.05) is 13.2 Å². The Morgan fingerprint density at radius 1 is 0.267 bits per heavy atom. The second-order valence-electron chi connectivity index (χ2n) is 18.5. The minimum atomic E-state index is -0.755. The van der Waals surface area contributed by atoms with E-state index in [1.165, 1.54) is 199 Å². The number of hydrogen-bond donors (Lipinski definition) is 0. The van der Waals surface area contributed by atoms with Gasteiger partial charge >= 0.3 is 17.9 Å². The summed E-state index contributed by atoms with van der Waals surface area (Å²) in [4.78, 5) is 37.2. The molecule has 0 heterocycles. The Balaban J connectivity index is 3.66. The molecule has 0 amide bonds. The molecule has 6 heteroatoms. The van der Waals surface area contributed by atoms with Crippen molar-refractivity contribution in [2.45, 2.75) is 316 Å². The van der Waals surface area contributed by atoms with Crippen molar-refractivity contribution in [3.63, 3.8) is 0 Å². The zero-order chi connectivity index (χ0) is 43.7. The van der Waals surface area contributed by atoms with E-state index in [0.717, 1.165) is 70.6 Å². The molecule has 0 aliphatic carbocycles. The van der Waals surface area contributed by atoms with Crippen LogP contribution >= 0.6 is 0 Å². The highest BCUT2D eigenvalue weighted by Crippen LogP contribution is 2.18. The van der Waals surface area contributed by atoms with Crippen LogP contribution in [0.4, 0.5) is 0 Å². The minimum absolute atomic E-state index is 0.0657. The van der Waals surface area contributed by atoms with Crippen LogP contribution in [0.25, 0.3) is 0 Å². The molecule has 0 spiro atoms. The zero-order valence-electron chi connectivity index (χ0n) is 40.8. The Bertz CT molecular complexity index is 889. The van der Waals surface area contributed by atoms with Gasteiger partial charge in [-0.25, -0.2) is 0 Å². The van der Waals surface area contributed by atoms with Crippen LogP contribution < -0.4 is 0 Å². The number of hydrogen-bond acceptors (Lipinski definition) is 6. The van der Waals surface area contributed by atoms with Gasteiger partial charge in [0.25, 0.3) is 0 Å². The van der Waals surface area contributed by atoms with E-state index in [9.17, 15) is 14.4 Å². The maximum atomic E-state index is 12.5. The number of unbranched alkanes of at least 4 members (excludes halogenated alkanes) is 39. The van der Waals surface area contributed by atoms with Gasteiger partial charge in [-0.05, 0) is 19.3 Å². The summed E-state index contributed by atoms with van der Waals surface area (Å²) in [6, 6.07) is 0. The fourth-order valence-electron chi connectivity index (χ4n) is 8.27. The van der Waals surface area contributed by atoms with Crippen LogP contribution in [0.2, 0.25) is 0 Å². The van der Waals surface area contributed by atoms with E-state index >= 15 is 0 Å². The average Bonchev–Trinajstić information content (AvgIpc) is 3.24. The summed E-state index contributed by atoms with van der Waals surface area (Å²) in [5.41, 5.74) is 0. The van der Waals surface area contributed by atoms with Gasteiger partial charge in [-0.1, -0.05) is 271 Å². The molecule has 0 aliphatic rings. The van der Waals surface area contributed by atoms with E-state index in [1.807, 2.05) is 0 Å². The van der Waals surface area contributed by atoms with Crippen LogP contribution in [0.5, 0.6) is 0 Å². The van der Waals surface area contributed by atoms with Gasteiger partial charge < -0.3 is 14.2 Å². The van der Waals surface area contributed by atoms with Crippen molar-refractivity contribution in [3.8, 4) is 0 Å². The summed E-state index contributed by atoms with van der Waals surface area (Å²) in [5, 5.41) is 0. The average molecular weight is 849 g/mol. The lowest BCUT2D eigenvalue weighted by molar-refractivity contribution is -0.167. The Morgan fingerprint density at radius 2 is 0.450 bits per heavy atom. The smallest absolute Gasteiger partial charge is 0.306 e. The van der Waals surface area contributed by atoms with Gasteiger partial charge in [-0.3, -0.25) is 14.4 Å². The summed E-state index contributed by atoms with van der Waals surface area (Å²) < 4.78 is 16.5. The molecule has 0 radical (unpaired) electrons. The topological polar surface area (TPSA) is 78.9 Å². The lowest BCUT2D eigenvalue weighted by Gasteiger charge is -2.18. The molecule has 6 nitrogen and oxygen atoms in total. The number of carbonyl (C=O) groups is 3. The Morgan fingerprint density at radius 3 is 0.667 bits per heavy atom. The second-order valence-corrected chi connectivity index (χ2v) is 18.5. The molecule has 0 N–H and O–H groups in total. The van der Waals surface area contributed by atoms with Gasteiger partial charge in [0.05, 0.1) is 0 Å². The Kier molecular flexibility index (Phi) is 48.7. The van der Waals surface area contributed by atoms with Gasteiger partial charge in [0, 0.05) is 19.3 Å². The number of ether oxygens (including phenoxy) is 3. The summed E-state index contributed by atoms with van der Waals surface area (Å²) >= 11 is 0. The summed E-state index contributed by atoms with van der Waals surface area (Å²) in [6.45, 7) is 6.50. The molecule has 1 unspecified atom stereocenters. The fraction of sp³-hybridized carbons (Fsp3) is 0.944. The van der Waals surface area contributed by atoms with E-state index in [-0.39, 0.29) is 31.1 Å². The maximum Gasteiger partial charge on any atom is 0.306 e. The van der Waals surface area contributed by atoms with Crippen molar-refractivity contribution >= 4 is 17.9 Å². The zero-order valence-corrected chi connectivity index (χ0v) is 40.8. The molecule has 0 rings (SSSR count). The maximum absolute atomic E-state index is 12.5. The van der Waals surface area contributed by atoms with E-state index < -0.39 is 6.10 Å². The molecule has 60 heavy (non-hydrogen) atoms. The molecule has 0 fully saturated rings. The van der Waals surface area contributed by atoms with Crippen LogP contribution in [-0.2, 0) is 28.6 Å². The third-order valence-corrected chi connectivity index (χ3v) is 12.4. The highest BCUT2D eigenvalue weighted by molar-refractivity contribution is 5.71. The van der Waals surface area contributed by atoms with Gasteiger partial charge in [0.15, 0.2) is 6.10 Å². The molecule has 0 bridgehead atoms. The van der Waals surface area contributed by atoms with E-state index in [2.05, 4.69) is 20.8 Å². The predicted molar refractivity (Wildman–Crippen MR) is 257 cm³/mol. The third kappa shape index (κ3) is 47.5. The molecule has 0 saturated carbocycles. The van der Waals surface area contributed by atoms with Crippen LogP contribution in [-0.4, -0.2) is 37.2 Å². The lowest BCUT2D eigenvalue weighted by Crippen LogP contribution is -2.30. The van der Waals surface area contributed by atoms with Crippen LogP contribution in [0, 0.1) is 0 Å². The first kappa shape index (κ1) is 58.4. The van der Waals surface area contributed by atoms with Crippen LogP contribution in [0.15, 0.2) is 0 Å². The summed E-state index contributed by atoms with van der Waals surface area (Å²) in [7, 11) is 0. The number of rotatable bonds is 50. The van der Waals surface area contributed by atoms with Crippen LogP contribution in [0.1, 0.15) is 310 Å². The van der Waals surface area contributed by atoms with Crippen molar-refractivity contribution in [3.05, 3.63) is 0 Å². The number of carbonyl (C=O) groups excluding carboxylic acids is 3. The standard InChI is InChI=1S/C54H104O6/c1-4-7-10-13-14-15-16-17-18-19-20-21-22-23-24-25-26-27-28-29-30-31-32-33-34-35-36-37-38-39-42-44-47-53(56)59-50-51(60-54(57)48-45-41-12-9-6-3)49-58-52(55)46-43-40-11-8-5-2/h51H,4-50H2,1-3H3. The second kappa shape index (κ2) is 50.1. The van der Waals surface area contributed by atoms with Gasteiger partial charge in [0.2, 0.25) is 0 Å². The molecule has 0 aliphatic heterocycles. The normalized spacial score (nSPS) is 11.8. The molecule has 0 aromatic rings. The Hall–Kier alpha value is -1.59. The first-order valence-electron chi connectivity index (χ1n) is 27.0. The predicted octanol–water partition coefficient (Wildman–Crippen LogP) is 17.6. The summed E-state index contributed by atoms with van der Waals surface area (Å²) in [5.74, 6) is -0.882. The van der Waals surface area contributed by atoms with E-state index in [0.29, 0.717) is 19.3 Å². The molecular formula is C54H104O6. The quantitative estimate of drug-likeness (QED) is 0.0345. The molecule has 0 saturated heterocycles. The van der Waals surface area contributed by atoms with Crippen LogP contribution in [0.3, 0.4) is 0 Å². The van der Waals surface area contributed by atoms with E-state index in [4.69, 9.17) is 14.2 Å². The SMILES string of the molecule is CCCCCCCCCCCCCCCCCCCCCCCCCCCCCCCCCCC(=O)OCC(COC(=O)CCCCCCC)OC(=O)CCCCCCC. The van der Waals surface area contributed by atoms with Gasteiger partial charge in [-0.2, -0.15) is 0 Å². The fourth-order valence-corrected chi connectivity index (χ4v) is 8.27. The van der Waals surface area contributed by atoms with Crippen molar-refractivity contribution in [1.82, 2.24) is 0 Å². The monoisotopic (exact) mass is 849 g/mol. The molecule has 356 valence electrons. The number of esters is 3. The largest absolute Gasteiger partial charge is 0.462 e. The van der Waals surface area contributed by atoms with Gasteiger partial charge in [0.1, 0.15) is 13.2 Å². The van der Waals surface area contributed by atoms with Gasteiger partial charge in [-0.15, -0.1) is 0 Å². The minimum Gasteiger partial charge on any atom is -0.462 e. The highest BCUT2D eigenvalue weighted by atomic mass is 16.6. The molecule has 0 aromatic heterocycles. The third-order valence-electron chi connectivity index (χ3n) is 12.4. The molecule has 0 aromatic carbocycles. The van der Waals surface area contributed by atoms with E-state index in [1.54, 1.807) is 0 Å². The highest BCUT2D eigenvalue weighted by Gasteiger charge is 2.19. The molecule has 1 atom stereocenters. The first-order valence-corrected chi connectivity index (χ1v) is 27.0. The van der Waals surface area contributed by atoms with Crippen molar-refractivity contribution in [2.24, 2.45) is 0 Å². The lowest BCUT2D eigenvalue weighted by atomic mass is 10.0. The first-order chi connectivity index (χ1) is 29.5. The van der Waals surface area contributed by atoms with Crippen molar-refractivity contribution < 1.29 is 28.6 Å².